The highest BCUT2D eigenvalue weighted by Gasteiger charge is 2.35. The number of piperidine rings is 1. The first kappa shape index (κ1) is 13.3. The number of H-pyrrole nitrogens is 1. The van der Waals surface area contributed by atoms with Crippen molar-refractivity contribution >= 4 is 11.5 Å². The maximum absolute atomic E-state index is 12.2. The molecule has 1 aliphatic carbocycles. The molecule has 0 spiro atoms. The Labute approximate surface area is 117 Å². The smallest absolute Gasteiger partial charge is 0.287 e. The molecule has 2 heterocycles. The van der Waals surface area contributed by atoms with Gasteiger partial charge in [0.15, 0.2) is 5.78 Å². The van der Waals surface area contributed by atoms with Crippen molar-refractivity contribution in [2.75, 3.05) is 13.1 Å². The Hall–Kier alpha value is -1.69. The Bertz CT molecular complexity index is 525. The molecule has 2 unspecified atom stereocenters. The number of hydrogen-bond acceptors (Lipinski definition) is 4. The van der Waals surface area contributed by atoms with Crippen molar-refractivity contribution < 1.29 is 9.72 Å². The Morgan fingerprint density at radius 2 is 2.20 bits per heavy atom. The van der Waals surface area contributed by atoms with E-state index < -0.39 is 4.92 Å². The van der Waals surface area contributed by atoms with Crippen molar-refractivity contribution in [3.8, 4) is 0 Å². The van der Waals surface area contributed by atoms with E-state index in [1.807, 2.05) is 0 Å². The van der Waals surface area contributed by atoms with Gasteiger partial charge in [-0.25, -0.2) is 0 Å². The number of carbonyl (C=O) groups excluding carboxylic acids is 1. The fourth-order valence-electron chi connectivity index (χ4n) is 3.67. The highest BCUT2D eigenvalue weighted by Crippen LogP contribution is 2.36. The van der Waals surface area contributed by atoms with Crippen LogP contribution in [-0.2, 0) is 0 Å². The van der Waals surface area contributed by atoms with Gasteiger partial charge in [0, 0.05) is 12.1 Å². The van der Waals surface area contributed by atoms with E-state index in [1.54, 1.807) is 0 Å². The van der Waals surface area contributed by atoms with Crippen LogP contribution in [0, 0.1) is 16.0 Å². The molecule has 108 valence electrons. The summed E-state index contributed by atoms with van der Waals surface area (Å²) in [6.45, 7) is 1.34. The average molecular weight is 277 g/mol. The number of hydrogen-bond donors (Lipinski definition) is 1. The maximum atomic E-state index is 12.2. The fourth-order valence-corrected chi connectivity index (χ4v) is 3.67. The largest absolute Gasteiger partial charge is 0.353 e. The van der Waals surface area contributed by atoms with E-state index in [2.05, 4.69) is 9.88 Å². The van der Waals surface area contributed by atoms with Crippen molar-refractivity contribution in [3.63, 3.8) is 0 Å². The molecule has 20 heavy (non-hydrogen) atoms. The Kier molecular flexibility index (Phi) is 3.56. The van der Waals surface area contributed by atoms with E-state index >= 15 is 0 Å². The molecule has 1 N–H and O–H groups in total. The molecular weight excluding hydrogens is 258 g/mol. The van der Waals surface area contributed by atoms with E-state index in [0.29, 0.717) is 18.3 Å². The quantitative estimate of drug-likeness (QED) is 0.520. The molecule has 1 saturated heterocycles. The summed E-state index contributed by atoms with van der Waals surface area (Å²) in [7, 11) is 0. The third-order valence-electron chi connectivity index (χ3n) is 4.63. The number of aromatic amines is 1. The van der Waals surface area contributed by atoms with E-state index in [4.69, 9.17) is 0 Å². The highest BCUT2D eigenvalue weighted by atomic mass is 16.6. The zero-order valence-corrected chi connectivity index (χ0v) is 11.4. The van der Waals surface area contributed by atoms with Crippen molar-refractivity contribution in [3.05, 3.63) is 28.1 Å². The van der Waals surface area contributed by atoms with Crippen molar-refractivity contribution in [1.82, 2.24) is 9.88 Å². The van der Waals surface area contributed by atoms with Crippen LogP contribution in [0.2, 0.25) is 0 Å². The molecule has 1 saturated carbocycles. The predicted molar refractivity (Wildman–Crippen MR) is 73.7 cm³/mol. The van der Waals surface area contributed by atoms with Crippen LogP contribution in [0.15, 0.2) is 12.3 Å². The monoisotopic (exact) mass is 277 g/mol. The molecule has 0 amide bonds. The van der Waals surface area contributed by atoms with Crippen LogP contribution in [-0.4, -0.2) is 39.7 Å². The number of rotatable bonds is 4. The Morgan fingerprint density at radius 3 is 2.95 bits per heavy atom. The lowest BCUT2D eigenvalue weighted by molar-refractivity contribution is -0.384. The number of ketones is 1. The third kappa shape index (κ3) is 2.47. The van der Waals surface area contributed by atoms with Gasteiger partial charge in [0.1, 0.15) is 0 Å². The number of Topliss-reactive ketones (excluding diaryl/α,β-unsaturated/α-hetero) is 1. The number of nitro groups is 1. The Morgan fingerprint density at radius 1 is 1.40 bits per heavy atom. The van der Waals surface area contributed by atoms with Crippen molar-refractivity contribution in [1.29, 1.82) is 0 Å². The standard InChI is InChI=1S/C14H19N3O3/c18-14(12-7-11(8-15-12)17(19)20)9-16-6-2-4-10-3-1-5-13(10)16/h7-8,10,13,15H,1-6,9H2. The van der Waals surface area contributed by atoms with Gasteiger partial charge in [-0.15, -0.1) is 0 Å². The van der Waals surface area contributed by atoms with Gasteiger partial charge in [0.25, 0.3) is 5.69 Å². The zero-order chi connectivity index (χ0) is 14.1. The van der Waals surface area contributed by atoms with Gasteiger partial charge in [-0.3, -0.25) is 19.8 Å². The second kappa shape index (κ2) is 5.36. The summed E-state index contributed by atoms with van der Waals surface area (Å²) in [6.07, 6.45) is 7.44. The van der Waals surface area contributed by atoms with Crippen LogP contribution in [0.1, 0.15) is 42.6 Å². The van der Waals surface area contributed by atoms with Crippen LogP contribution in [0.3, 0.4) is 0 Å². The summed E-state index contributed by atoms with van der Waals surface area (Å²) in [5, 5.41) is 10.6. The van der Waals surface area contributed by atoms with Crippen molar-refractivity contribution in [2.24, 2.45) is 5.92 Å². The summed E-state index contributed by atoms with van der Waals surface area (Å²) in [5.74, 6) is 0.695. The number of fused-ring (bicyclic) bond motifs is 1. The van der Waals surface area contributed by atoms with E-state index in [-0.39, 0.29) is 11.5 Å². The molecule has 2 aliphatic rings. The van der Waals surface area contributed by atoms with Crippen LogP contribution in [0.5, 0.6) is 0 Å². The minimum absolute atomic E-state index is 0.0502. The molecule has 1 aliphatic heterocycles. The molecule has 6 nitrogen and oxygen atoms in total. The summed E-state index contributed by atoms with van der Waals surface area (Å²) in [4.78, 5) is 27.4. The molecule has 2 fully saturated rings. The van der Waals surface area contributed by atoms with Gasteiger partial charge in [0.05, 0.1) is 23.4 Å². The molecule has 6 heteroatoms. The zero-order valence-electron chi connectivity index (χ0n) is 11.4. The number of aromatic nitrogens is 1. The molecule has 2 atom stereocenters. The van der Waals surface area contributed by atoms with Crippen LogP contribution in [0.25, 0.3) is 0 Å². The summed E-state index contributed by atoms with van der Waals surface area (Å²) >= 11 is 0. The molecular formula is C14H19N3O3. The first-order chi connectivity index (χ1) is 9.65. The van der Waals surface area contributed by atoms with Gasteiger partial charge in [-0.05, 0) is 38.1 Å². The van der Waals surface area contributed by atoms with Gasteiger partial charge in [0.2, 0.25) is 0 Å². The van der Waals surface area contributed by atoms with Crippen molar-refractivity contribution in [2.45, 2.75) is 38.1 Å². The molecule has 0 aromatic carbocycles. The average Bonchev–Trinajstić information content (AvgIpc) is 3.08. The molecule has 3 rings (SSSR count). The first-order valence-electron chi connectivity index (χ1n) is 7.25. The highest BCUT2D eigenvalue weighted by molar-refractivity contribution is 5.96. The second-order valence-corrected chi connectivity index (χ2v) is 5.82. The fraction of sp³-hybridized carbons (Fsp3) is 0.643. The van der Waals surface area contributed by atoms with Gasteiger partial charge in [-0.2, -0.15) is 0 Å². The number of likely N-dealkylation sites (tertiary alicyclic amines) is 1. The molecule has 1 aromatic rings. The van der Waals surface area contributed by atoms with Crippen LogP contribution >= 0.6 is 0 Å². The van der Waals surface area contributed by atoms with E-state index in [0.717, 1.165) is 18.9 Å². The molecule has 0 radical (unpaired) electrons. The molecule has 0 bridgehead atoms. The SMILES string of the molecule is O=C(CN1CCCC2CCCC21)c1cc([N+](=O)[O-])c[nH]1. The number of carbonyl (C=O) groups is 1. The number of nitrogens with one attached hydrogen (secondary N) is 1. The van der Waals surface area contributed by atoms with E-state index in [9.17, 15) is 14.9 Å². The summed E-state index contributed by atoms with van der Waals surface area (Å²) < 4.78 is 0. The Balaban J connectivity index is 1.67. The van der Waals surface area contributed by atoms with Crippen LogP contribution in [0.4, 0.5) is 5.69 Å². The van der Waals surface area contributed by atoms with Gasteiger partial charge in [-0.1, -0.05) is 6.42 Å². The number of nitrogens with zero attached hydrogens (tertiary/aromatic N) is 2. The molecule has 1 aromatic heterocycles. The van der Waals surface area contributed by atoms with Gasteiger partial charge < -0.3 is 4.98 Å². The lowest BCUT2D eigenvalue weighted by Gasteiger charge is -2.37. The minimum Gasteiger partial charge on any atom is -0.353 e. The summed E-state index contributed by atoms with van der Waals surface area (Å²) in [6, 6.07) is 1.87. The summed E-state index contributed by atoms with van der Waals surface area (Å²) in [5.41, 5.74) is 0.294. The normalized spacial score (nSPS) is 26.4. The second-order valence-electron chi connectivity index (χ2n) is 5.82. The lowest BCUT2D eigenvalue weighted by Crippen LogP contribution is -2.45. The van der Waals surface area contributed by atoms with Crippen LogP contribution < -0.4 is 0 Å². The van der Waals surface area contributed by atoms with E-state index in [1.165, 1.54) is 37.9 Å². The predicted octanol–water partition coefficient (Wildman–Crippen LogP) is 2.37. The minimum atomic E-state index is -0.485. The maximum Gasteiger partial charge on any atom is 0.287 e. The third-order valence-corrected chi connectivity index (χ3v) is 4.63. The first-order valence-corrected chi connectivity index (χ1v) is 7.25. The lowest BCUT2D eigenvalue weighted by atomic mass is 9.92. The van der Waals surface area contributed by atoms with Gasteiger partial charge >= 0.3 is 0 Å². The topological polar surface area (TPSA) is 79.2 Å².